The van der Waals surface area contributed by atoms with Crippen LogP contribution in [-0.4, -0.2) is 14.3 Å². The number of nitrogens with two attached hydrogens (primary N) is 1. The van der Waals surface area contributed by atoms with Crippen molar-refractivity contribution in [3.05, 3.63) is 40.8 Å². The second kappa shape index (κ2) is 6.53. The quantitative estimate of drug-likeness (QED) is 0.866. The van der Waals surface area contributed by atoms with E-state index in [0.29, 0.717) is 17.1 Å². The predicted molar refractivity (Wildman–Crippen MR) is 71.6 cm³/mol. The predicted octanol–water partition coefficient (Wildman–Crippen LogP) is 1.86. The van der Waals surface area contributed by atoms with Gasteiger partial charge in [-0.15, -0.1) is 0 Å². The lowest BCUT2D eigenvalue weighted by atomic mass is 10.2. The number of allylic oxidation sites excluding steroid dienone is 1. The fraction of sp³-hybridized carbons (Fsp3) is 0.182. The van der Waals surface area contributed by atoms with Crippen LogP contribution in [0.25, 0.3) is 0 Å². The maximum Gasteiger partial charge on any atom is 0.230 e. The Labute approximate surface area is 111 Å². The standard InChI is InChI=1S/C11H13ClN2O3S/c12-9-4-6-10(7-5-9)14-11(15)3-1-2-8-18(13,16)17/h2,4-8H,1,3H2,(H,14,15)(H2,13,16,17). The highest BCUT2D eigenvalue weighted by atomic mass is 35.5. The van der Waals surface area contributed by atoms with Gasteiger partial charge in [0, 0.05) is 22.5 Å². The third kappa shape index (κ3) is 6.39. The van der Waals surface area contributed by atoms with Crippen LogP contribution >= 0.6 is 11.6 Å². The Balaban J connectivity index is 2.39. The molecule has 0 saturated heterocycles. The molecule has 3 N–H and O–H groups in total. The molecule has 0 saturated carbocycles. The molecule has 1 amide bonds. The van der Waals surface area contributed by atoms with E-state index >= 15 is 0 Å². The second-order valence-electron chi connectivity index (χ2n) is 3.55. The average molecular weight is 289 g/mol. The number of hydrogen-bond acceptors (Lipinski definition) is 3. The number of rotatable bonds is 5. The zero-order valence-corrected chi connectivity index (χ0v) is 11.0. The first-order valence-corrected chi connectivity index (χ1v) is 7.10. The van der Waals surface area contributed by atoms with Gasteiger partial charge in [0.25, 0.3) is 0 Å². The van der Waals surface area contributed by atoms with Gasteiger partial charge >= 0.3 is 0 Å². The van der Waals surface area contributed by atoms with Crippen LogP contribution in [0.5, 0.6) is 0 Å². The summed E-state index contributed by atoms with van der Waals surface area (Å²) in [5.41, 5.74) is 0.639. The molecule has 0 radical (unpaired) electrons. The van der Waals surface area contributed by atoms with Crippen molar-refractivity contribution in [1.29, 1.82) is 0 Å². The van der Waals surface area contributed by atoms with Gasteiger partial charge in [0.1, 0.15) is 0 Å². The van der Waals surface area contributed by atoms with E-state index in [1.54, 1.807) is 24.3 Å². The lowest BCUT2D eigenvalue weighted by Crippen LogP contribution is -2.11. The van der Waals surface area contributed by atoms with Gasteiger partial charge in [0.2, 0.25) is 15.9 Å². The van der Waals surface area contributed by atoms with Gasteiger partial charge in [-0.3, -0.25) is 4.79 Å². The number of halogens is 1. The van der Waals surface area contributed by atoms with Crippen molar-refractivity contribution >= 4 is 33.2 Å². The minimum absolute atomic E-state index is 0.175. The number of sulfonamides is 1. The van der Waals surface area contributed by atoms with Crippen molar-refractivity contribution in [3.8, 4) is 0 Å². The first-order valence-electron chi connectivity index (χ1n) is 5.11. The summed E-state index contributed by atoms with van der Waals surface area (Å²) in [5, 5.41) is 8.88. The molecular formula is C11H13ClN2O3S. The van der Waals surface area contributed by atoms with Crippen LogP contribution in [0.4, 0.5) is 5.69 Å². The van der Waals surface area contributed by atoms with Crippen molar-refractivity contribution in [2.24, 2.45) is 5.14 Å². The van der Waals surface area contributed by atoms with Gasteiger partial charge < -0.3 is 5.32 Å². The Kier molecular flexibility index (Phi) is 5.33. The van der Waals surface area contributed by atoms with Crippen LogP contribution in [0.15, 0.2) is 35.7 Å². The topological polar surface area (TPSA) is 89.3 Å². The number of primary sulfonamides is 1. The summed E-state index contributed by atoms with van der Waals surface area (Å²) in [4.78, 5) is 11.5. The minimum atomic E-state index is -3.61. The molecule has 0 aliphatic heterocycles. The molecule has 0 fully saturated rings. The number of hydrogen-bond donors (Lipinski definition) is 2. The Morgan fingerprint density at radius 2 is 1.94 bits per heavy atom. The lowest BCUT2D eigenvalue weighted by molar-refractivity contribution is -0.116. The highest BCUT2D eigenvalue weighted by molar-refractivity contribution is 7.92. The Morgan fingerprint density at radius 3 is 2.50 bits per heavy atom. The van der Waals surface area contributed by atoms with Gasteiger partial charge in [-0.05, 0) is 30.7 Å². The van der Waals surface area contributed by atoms with Crippen LogP contribution in [0.1, 0.15) is 12.8 Å². The molecule has 0 bridgehead atoms. The van der Waals surface area contributed by atoms with E-state index in [4.69, 9.17) is 16.7 Å². The summed E-state index contributed by atoms with van der Waals surface area (Å²) >= 11 is 5.70. The fourth-order valence-corrected chi connectivity index (χ4v) is 1.70. The first kappa shape index (κ1) is 14.7. The molecule has 0 spiro atoms. The highest BCUT2D eigenvalue weighted by Gasteiger charge is 2.01. The SMILES string of the molecule is NS(=O)(=O)C=CCCC(=O)Nc1ccc(Cl)cc1. The zero-order valence-electron chi connectivity index (χ0n) is 9.47. The summed E-state index contributed by atoms with van der Waals surface area (Å²) < 4.78 is 21.2. The first-order chi connectivity index (χ1) is 8.37. The fourth-order valence-electron chi connectivity index (χ4n) is 1.17. The van der Waals surface area contributed by atoms with Crippen molar-refractivity contribution in [2.45, 2.75) is 12.8 Å². The normalized spacial score (nSPS) is 11.7. The molecule has 7 heteroatoms. The number of amides is 1. The van der Waals surface area contributed by atoms with Crippen LogP contribution < -0.4 is 10.5 Å². The summed E-state index contributed by atoms with van der Waals surface area (Å²) in [6.07, 6.45) is 1.82. The number of nitrogens with one attached hydrogen (secondary N) is 1. The van der Waals surface area contributed by atoms with E-state index in [1.807, 2.05) is 0 Å². The van der Waals surface area contributed by atoms with Gasteiger partial charge in [0.05, 0.1) is 0 Å². The monoisotopic (exact) mass is 288 g/mol. The Hall–Kier alpha value is -1.37. The van der Waals surface area contributed by atoms with E-state index in [1.165, 1.54) is 6.08 Å². The highest BCUT2D eigenvalue weighted by Crippen LogP contribution is 2.13. The third-order valence-electron chi connectivity index (χ3n) is 1.95. The van der Waals surface area contributed by atoms with Crippen LogP contribution in [-0.2, 0) is 14.8 Å². The Morgan fingerprint density at radius 1 is 1.33 bits per heavy atom. The maximum atomic E-state index is 11.5. The molecule has 5 nitrogen and oxygen atoms in total. The van der Waals surface area contributed by atoms with Crippen molar-refractivity contribution in [2.75, 3.05) is 5.32 Å². The lowest BCUT2D eigenvalue weighted by Gasteiger charge is -2.03. The van der Waals surface area contributed by atoms with Crippen molar-refractivity contribution in [1.82, 2.24) is 0 Å². The van der Waals surface area contributed by atoms with Crippen molar-refractivity contribution in [3.63, 3.8) is 0 Å². The number of anilines is 1. The van der Waals surface area contributed by atoms with Crippen molar-refractivity contribution < 1.29 is 13.2 Å². The molecule has 1 rings (SSSR count). The second-order valence-corrected chi connectivity index (χ2v) is 5.44. The molecular weight excluding hydrogens is 276 g/mol. The maximum absolute atomic E-state index is 11.5. The Bertz CT molecular complexity index is 538. The molecule has 1 aromatic rings. The minimum Gasteiger partial charge on any atom is -0.326 e. The van der Waals surface area contributed by atoms with Gasteiger partial charge in [-0.1, -0.05) is 17.7 Å². The molecule has 18 heavy (non-hydrogen) atoms. The van der Waals surface area contributed by atoms with Crippen LogP contribution in [0, 0.1) is 0 Å². The summed E-state index contributed by atoms with van der Waals surface area (Å²) in [6, 6.07) is 6.69. The van der Waals surface area contributed by atoms with E-state index in [9.17, 15) is 13.2 Å². The molecule has 0 atom stereocenters. The molecule has 0 aliphatic carbocycles. The van der Waals surface area contributed by atoms with Gasteiger partial charge in [0.15, 0.2) is 0 Å². The molecule has 0 heterocycles. The summed E-state index contributed by atoms with van der Waals surface area (Å²) in [6.45, 7) is 0. The number of carbonyl (C=O) groups is 1. The largest absolute Gasteiger partial charge is 0.326 e. The zero-order chi connectivity index (χ0) is 13.6. The van der Waals surface area contributed by atoms with E-state index in [2.05, 4.69) is 5.32 Å². The average Bonchev–Trinajstić information content (AvgIpc) is 2.26. The number of benzene rings is 1. The summed E-state index contributed by atoms with van der Waals surface area (Å²) in [5.74, 6) is -0.212. The molecule has 98 valence electrons. The van der Waals surface area contributed by atoms with Crippen LogP contribution in [0.3, 0.4) is 0 Å². The smallest absolute Gasteiger partial charge is 0.230 e. The molecule has 0 aromatic heterocycles. The number of carbonyl (C=O) groups excluding carboxylic acids is 1. The third-order valence-corrected chi connectivity index (χ3v) is 2.78. The van der Waals surface area contributed by atoms with Crippen LogP contribution in [0.2, 0.25) is 5.02 Å². The van der Waals surface area contributed by atoms with E-state index in [0.717, 1.165) is 5.41 Å². The molecule has 0 aliphatic rings. The van der Waals surface area contributed by atoms with Gasteiger partial charge in [-0.2, -0.15) is 0 Å². The van der Waals surface area contributed by atoms with E-state index in [-0.39, 0.29) is 12.3 Å². The van der Waals surface area contributed by atoms with Gasteiger partial charge in [-0.25, -0.2) is 13.6 Å². The summed E-state index contributed by atoms with van der Waals surface area (Å²) in [7, 11) is -3.61. The van der Waals surface area contributed by atoms with E-state index < -0.39 is 10.0 Å². The molecule has 1 aromatic carbocycles. The molecule has 0 unspecified atom stereocenters.